The molecule has 8 heteroatoms. The molecule has 1 aliphatic heterocycles. The Hall–Kier alpha value is -1.51. The van der Waals surface area contributed by atoms with E-state index in [1.165, 1.54) is 18.5 Å². The molecule has 1 fully saturated rings. The standard InChI is InChI=1S/C13H20N4O3S/c1-11-9-15-7-8-17(11)13(18)4-6-16-21(19,20)12-3-2-5-14-10-12/h2-3,5,10-11,15-16H,4,6-9H2,1H3/t11-/m0/s1. The molecule has 1 amide bonds. The molecular weight excluding hydrogens is 292 g/mol. The second-order valence-electron chi connectivity index (χ2n) is 4.98. The fourth-order valence-corrected chi connectivity index (χ4v) is 3.23. The number of nitrogens with zero attached hydrogens (tertiary/aromatic N) is 2. The number of carbonyl (C=O) groups is 1. The molecule has 1 aromatic rings. The van der Waals surface area contributed by atoms with E-state index in [2.05, 4.69) is 15.0 Å². The van der Waals surface area contributed by atoms with Gasteiger partial charge < -0.3 is 10.2 Å². The topological polar surface area (TPSA) is 91.4 Å². The average molecular weight is 312 g/mol. The van der Waals surface area contributed by atoms with Crippen molar-refractivity contribution in [3.05, 3.63) is 24.5 Å². The molecule has 1 atom stereocenters. The van der Waals surface area contributed by atoms with Gasteiger partial charge in [0.15, 0.2) is 0 Å². The Balaban J connectivity index is 1.85. The number of pyridine rings is 1. The molecular formula is C13H20N4O3S. The minimum atomic E-state index is -3.60. The third-order valence-corrected chi connectivity index (χ3v) is 4.84. The fourth-order valence-electron chi connectivity index (χ4n) is 2.24. The Morgan fingerprint density at radius 1 is 1.57 bits per heavy atom. The number of amides is 1. The largest absolute Gasteiger partial charge is 0.337 e. The molecule has 0 aromatic carbocycles. The first-order valence-electron chi connectivity index (χ1n) is 6.90. The van der Waals surface area contributed by atoms with Gasteiger partial charge in [0.2, 0.25) is 15.9 Å². The van der Waals surface area contributed by atoms with E-state index >= 15 is 0 Å². The summed E-state index contributed by atoms with van der Waals surface area (Å²) in [5.41, 5.74) is 0. The van der Waals surface area contributed by atoms with Crippen molar-refractivity contribution in [1.82, 2.24) is 19.9 Å². The van der Waals surface area contributed by atoms with Gasteiger partial charge in [-0.3, -0.25) is 9.78 Å². The predicted molar refractivity (Wildman–Crippen MR) is 78.1 cm³/mol. The van der Waals surface area contributed by atoms with E-state index in [1.54, 1.807) is 11.0 Å². The van der Waals surface area contributed by atoms with Crippen LogP contribution in [0.2, 0.25) is 0 Å². The van der Waals surface area contributed by atoms with E-state index < -0.39 is 10.0 Å². The minimum absolute atomic E-state index is 0.0297. The zero-order valence-electron chi connectivity index (χ0n) is 11.9. The van der Waals surface area contributed by atoms with Crippen LogP contribution in [-0.4, -0.2) is 56.4 Å². The molecule has 7 nitrogen and oxygen atoms in total. The summed E-state index contributed by atoms with van der Waals surface area (Å²) in [7, 11) is -3.60. The van der Waals surface area contributed by atoms with Gasteiger partial charge in [-0.05, 0) is 19.1 Å². The van der Waals surface area contributed by atoms with Crippen LogP contribution in [0.25, 0.3) is 0 Å². The van der Waals surface area contributed by atoms with E-state index in [0.29, 0.717) is 6.54 Å². The number of nitrogens with one attached hydrogen (secondary N) is 2. The maximum atomic E-state index is 12.1. The summed E-state index contributed by atoms with van der Waals surface area (Å²) in [4.78, 5) is 17.7. The van der Waals surface area contributed by atoms with Crippen LogP contribution in [0.15, 0.2) is 29.4 Å². The van der Waals surface area contributed by atoms with Gasteiger partial charge in [-0.25, -0.2) is 13.1 Å². The third-order valence-electron chi connectivity index (χ3n) is 3.40. The van der Waals surface area contributed by atoms with E-state index in [4.69, 9.17) is 0 Å². The zero-order chi connectivity index (χ0) is 15.3. The lowest BCUT2D eigenvalue weighted by Gasteiger charge is -2.34. The first-order chi connectivity index (χ1) is 10.0. The van der Waals surface area contributed by atoms with Gasteiger partial charge in [0, 0.05) is 51.0 Å². The molecule has 2 rings (SSSR count). The van der Waals surface area contributed by atoms with Crippen molar-refractivity contribution < 1.29 is 13.2 Å². The monoisotopic (exact) mass is 312 g/mol. The highest BCUT2D eigenvalue weighted by Gasteiger charge is 2.23. The smallest absolute Gasteiger partial charge is 0.242 e. The third kappa shape index (κ3) is 4.23. The van der Waals surface area contributed by atoms with Crippen LogP contribution < -0.4 is 10.0 Å². The number of carbonyl (C=O) groups excluding carboxylic acids is 1. The van der Waals surface area contributed by atoms with Crippen molar-refractivity contribution in [3.8, 4) is 0 Å². The van der Waals surface area contributed by atoms with Gasteiger partial charge in [-0.1, -0.05) is 0 Å². The van der Waals surface area contributed by atoms with Crippen molar-refractivity contribution in [2.45, 2.75) is 24.3 Å². The first-order valence-corrected chi connectivity index (χ1v) is 8.39. The van der Waals surface area contributed by atoms with Gasteiger partial charge in [0.05, 0.1) is 0 Å². The number of hydrogen-bond donors (Lipinski definition) is 2. The van der Waals surface area contributed by atoms with Gasteiger partial charge in [0.1, 0.15) is 4.90 Å². The second kappa shape index (κ2) is 6.97. The first kappa shape index (κ1) is 15.9. The maximum absolute atomic E-state index is 12.1. The van der Waals surface area contributed by atoms with Gasteiger partial charge in [0.25, 0.3) is 0 Å². The summed E-state index contributed by atoms with van der Waals surface area (Å²) in [5.74, 6) is -0.0297. The fraction of sp³-hybridized carbons (Fsp3) is 0.538. The van der Waals surface area contributed by atoms with Gasteiger partial charge >= 0.3 is 0 Å². The van der Waals surface area contributed by atoms with Crippen LogP contribution in [0.3, 0.4) is 0 Å². The molecule has 1 aromatic heterocycles. The number of piperazine rings is 1. The van der Waals surface area contributed by atoms with Gasteiger partial charge in [-0.2, -0.15) is 0 Å². The van der Waals surface area contributed by atoms with Crippen LogP contribution in [0.4, 0.5) is 0 Å². The van der Waals surface area contributed by atoms with E-state index in [9.17, 15) is 13.2 Å². The van der Waals surface area contributed by atoms with E-state index in [-0.39, 0.29) is 29.8 Å². The minimum Gasteiger partial charge on any atom is -0.337 e. The summed E-state index contributed by atoms with van der Waals surface area (Å²) >= 11 is 0. The van der Waals surface area contributed by atoms with Gasteiger partial charge in [-0.15, -0.1) is 0 Å². The molecule has 116 valence electrons. The maximum Gasteiger partial charge on any atom is 0.242 e. The molecule has 0 spiro atoms. The molecule has 0 radical (unpaired) electrons. The summed E-state index contributed by atoms with van der Waals surface area (Å²) in [5, 5.41) is 3.21. The Bertz CT molecular complexity index is 576. The average Bonchev–Trinajstić information content (AvgIpc) is 2.48. The van der Waals surface area contributed by atoms with Crippen LogP contribution in [0.1, 0.15) is 13.3 Å². The van der Waals surface area contributed by atoms with Crippen molar-refractivity contribution in [2.75, 3.05) is 26.2 Å². The van der Waals surface area contributed by atoms with Crippen LogP contribution in [0, 0.1) is 0 Å². The Morgan fingerprint density at radius 3 is 3.05 bits per heavy atom. The number of sulfonamides is 1. The summed E-state index contributed by atoms with van der Waals surface area (Å²) in [6, 6.07) is 3.17. The van der Waals surface area contributed by atoms with E-state index in [0.717, 1.165) is 13.1 Å². The Labute approximate surface area is 124 Å². The van der Waals surface area contributed by atoms with Crippen molar-refractivity contribution >= 4 is 15.9 Å². The predicted octanol–water partition coefficient (Wildman–Crippen LogP) is -0.430. The lowest BCUT2D eigenvalue weighted by atomic mass is 10.2. The Kier molecular flexibility index (Phi) is 5.27. The normalized spacial score (nSPS) is 19.5. The van der Waals surface area contributed by atoms with Crippen LogP contribution in [0.5, 0.6) is 0 Å². The highest BCUT2D eigenvalue weighted by molar-refractivity contribution is 7.89. The number of rotatable bonds is 5. The quantitative estimate of drug-likeness (QED) is 0.770. The SMILES string of the molecule is C[C@H]1CNCCN1C(=O)CCNS(=O)(=O)c1cccnc1. The molecule has 2 N–H and O–H groups in total. The molecule has 0 unspecified atom stereocenters. The second-order valence-corrected chi connectivity index (χ2v) is 6.74. The molecule has 1 aliphatic rings. The summed E-state index contributed by atoms with van der Waals surface area (Å²) < 4.78 is 26.4. The number of aromatic nitrogens is 1. The lowest BCUT2D eigenvalue weighted by molar-refractivity contribution is -0.133. The summed E-state index contributed by atoms with van der Waals surface area (Å²) in [6.45, 7) is 4.27. The van der Waals surface area contributed by atoms with Crippen LogP contribution >= 0.6 is 0 Å². The Morgan fingerprint density at radius 2 is 2.38 bits per heavy atom. The summed E-state index contributed by atoms with van der Waals surface area (Å²) in [6.07, 6.45) is 2.95. The number of hydrogen-bond acceptors (Lipinski definition) is 5. The molecule has 21 heavy (non-hydrogen) atoms. The molecule has 0 aliphatic carbocycles. The molecule has 2 heterocycles. The lowest BCUT2D eigenvalue weighted by Crippen LogP contribution is -2.52. The molecule has 0 saturated carbocycles. The zero-order valence-corrected chi connectivity index (χ0v) is 12.8. The highest BCUT2D eigenvalue weighted by Crippen LogP contribution is 2.07. The van der Waals surface area contributed by atoms with Crippen LogP contribution in [-0.2, 0) is 14.8 Å². The highest BCUT2D eigenvalue weighted by atomic mass is 32.2. The van der Waals surface area contributed by atoms with Crippen molar-refractivity contribution in [3.63, 3.8) is 0 Å². The van der Waals surface area contributed by atoms with E-state index in [1.807, 2.05) is 6.92 Å². The van der Waals surface area contributed by atoms with Crippen molar-refractivity contribution in [1.29, 1.82) is 0 Å². The molecule has 0 bridgehead atoms. The molecule has 1 saturated heterocycles. The van der Waals surface area contributed by atoms with Crippen molar-refractivity contribution in [2.24, 2.45) is 0 Å².